The van der Waals surface area contributed by atoms with Crippen LogP contribution in [-0.2, 0) is 7.54 Å². The van der Waals surface area contributed by atoms with Gasteiger partial charge in [0.15, 0.2) is 0 Å². The Balaban J connectivity index is 3.16. The lowest BCUT2D eigenvalue weighted by Crippen LogP contribution is -2.08. The van der Waals surface area contributed by atoms with E-state index in [0.29, 0.717) is 5.56 Å². The molecule has 0 amide bonds. The van der Waals surface area contributed by atoms with Gasteiger partial charge in [0.2, 0.25) is 2.97 Å². The molecule has 13 heavy (non-hydrogen) atoms. The molecule has 0 spiro atoms. The summed E-state index contributed by atoms with van der Waals surface area (Å²) >= 11 is 5.93. The van der Waals surface area contributed by atoms with E-state index < -0.39 is 10.6 Å². The zero-order valence-electron chi connectivity index (χ0n) is 6.39. The first-order valence-electron chi connectivity index (χ1n) is 3.34. The van der Waals surface area contributed by atoms with E-state index in [2.05, 4.69) is 31.9 Å². The molecule has 0 aromatic heterocycles. The molecular weight excluding hydrogens is 323 g/mol. The quantitative estimate of drug-likeness (QED) is 0.648. The standard InChI is InChI=1S/C7H7Br2O3P/c8-7(9,13(10,11)12)6-4-2-1-3-5-6/h1-5H,(H2,10,11,12). The third-order valence-electron chi connectivity index (χ3n) is 1.49. The highest BCUT2D eigenvalue weighted by molar-refractivity contribution is 9.26. The molecule has 0 saturated carbocycles. The third-order valence-corrected chi connectivity index (χ3v) is 6.16. The Morgan fingerprint density at radius 2 is 1.62 bits per heavy atom. The largest absolute Gasteiger partial charge is 0.357 e. The fourth-order valence-electron chi connectivity index (χ4n) is 0.807. The van der Waals surface area contributed by atoms with Crippen molar-refractivity contribution in [2.24, 2.45) is 0 Å². The van der Waals surface area contributed by atoms with E-state index in [4.69, 9.17) is 9.79 Å². The van der Waals surface area contributed by atoms with Crippen LogP contribution in [0, 0.1) is 0 Å². The van der Waals surface area contributed by atoms with Crippen molar-refractivity contribution >= 4 is 39.5 Å². The Bertz CT molecular complexity index is 333. The second-order valence-electron chi connectivity index (χ2n) is 2.45. The topological polar surface area (TPSA) is 57.5 Å². The summed E-state index contributed by atoms with van der Waals surface area (Å²) in [4.78, 5) is 18.0. The van der Waals surface area contributed by atoms with E-state index in [1.54, 1.807) is 30.3 Å². The second-order valence-corrected chi connectivity index (χ2v) is 8.88. The van der Waals surface area contributed by atoms with Gasteiger partial charge in [-0.15, -0.1) is 0 Å². The fourth-order valence-corrected chi connectivity index (χ4v) is 1.82. The molecule has 0 heterocycles. The summed E-state index contributed by atoms with van der Waals surface area (Å²) in [6.45, 7) is 0. The van der Waals surface area contributed by atoms with Gasteiger partial charge in [0.05, 0.1) is 0 Å². The first kappa shape index (κ1) is 11.4. The van der Waals surface area contributed by atoms with Gasteiger partial charge in [0.1, 0.15) is 0 Å². The van der Waals surface area contributed by atoms with Gasteiger partial charge in [-0.3, -0.25) is 4.57 Å². The Hall–Kier alpha value is 0.330. The average Bonchev–Trinajstić information content (AvgIpc) is 2.04. The predicted molar refractivity (Wildman–Crippen MR) is 58.0 cm³/mol. The minimum Gasteiger partial charge on any atom is -0.323 e. The van der Waals surface area contributed by atoms with Crippen LogP contribution < -0.4 is 0 Å². The second kappa shape index (κ2) is 3.83. The average molecular weight is 330 g/mol. The van der Waals surface area contributed by atoms with Crippen molar-refractivity contribution < 1.29 is 14.4 Å². The summed E-state index contributed by atoms with van der Waals surface area (Å²) in [6.07, 6.45) is 0. The summed E-state index contributed by atoms with van der Waals surface area (Å²) in [7, 11) is -4.26. The minimum absolute atomic E-state index is 0.489. The summed E-state index contributed by atoms with van der Waals surface area (Å²) < 4.78 is 9.58. The van der Waals surface area contributed by atoms with Gasteiger partial charge in [-0.2, -0.15) is 0 Å². The first-order valence-corrected chi connectivity index (χ1v) is 6.54. The maximum Gasteiger partial charge on any atom is 0.357 e. The molecule has 6 heteroatoms. The Morgan fingerprint density at radius 3 is 2.00 bits per heavy atom. The van der Waals surface area contributed by atoms with Gasteiger partial charge in [-0.25, -0.2) is 0 Å². The highest BCUT2D eigenvalue weighted by Crippen LogP contribution is 2.65. The minimum atomic E-state index is -4.26. The van der Waals surface area contributed by atoms with Crippen LogP contribution in [0.1, 0.15) is 5.56 Å². The van der Waals surface area contributed by atoms with E-state index >= 15 is 0 Å². The molecule has 0 aliphatic carbocycles. The number of hydrogen-bond donors (Lipinski definition) is 2. The van der Waals surface area contributed by atoms with Crippen LogP contribution in [0.5, 0.6) is 0 Å². The normalized spacial score (nSPS) is 12.9. The molecule has 0 radical (unpaired) electrons. The highest BCUT2D eigenvalue weighted by Gasteiger charge is 2.43. The smallest absolute Gasteiger partial charge is 0.323 e. The zero-order chi connectivity index (χ0) is 10.1. The molecule has 1 aromatic rings. The lowest BCUT2D eigenvalue weighted by atomic mass is 10.2. The van der Waals surface area contributed by atoms with E-state index in [1.807, 2.05) is 0 Å². The molecule has 0 fully saturated rings. The lowest BCUT2D eigenvalue weighted by Gasteiger charge is -2.21. The molecule has 0 atom stereocenters. The van der Waals surface area contributed by atoms with Crippen molar-refractivity contribution in [1.29, 1.82) is 0 Å². The van der Waals surface area contributed by atoms with Crippen LogP contribution in [0.2, 0.25) is 0 Å². The van der Waals surface area contributed by atoms with Gasteiger partial charge in [-0.1, -0.05) is 62.2 Å². The Morgan fingerprint density at radius 1 is 1.15 bits per heavy atom. The SMILES string of the molecule is O=P(O)(O)C(Br)(Br)c1ccccc1. The number of benzene rings is 1. The molecule has 1 rings (SSSR count). The third kappa shape index (κ3) is 2.42. The lowest BCUT2D eigenvalue weighted by molar-refractivity contribution is 0.368. The molecule has 3 nitrogen and oxygen atoms in total. The van der Waals surface area contributed by atoms with Crippen molar-refractivity contribution in [3.8, 4) is 0 Å². The molecular formula is C7H7Br2O3P. The van der Waals surface area contributed by atoms with E-state index in [-0.39, 0.29) is 0 Å². The van der Waals surface area contributed by atoms with Crippen LogP contribution in [0.25, 0.3) is 0 Å². The summed E-state index contributed by atoms with van der Waals surface area (Å²) in [5, 5.41) is 0. The molecule has 0 aliphatic rings. The van der Waals surface area contributed by atoms with Gasteiger partial charge in [0, 0.05) is 0 Å². The molecule has 0 aliphatic heterocycles. The zero-order valence-corrected chi connectivity index (χ0v) is 10.5. The summed E-state index contributed by atoms with van der Waals surface area (Å²) in [5.41, 5.74) is 0.489. The van der Waals surface area contributed by atoms with Crippen LogP contribution in [0.15, 0.2) is 30.3 Å². The molecule has 2 N–H and O–H groups in total. The first-order chi connectivity index (χ1) is 5.86. The van der Waals surface area contributed by atoms with Crippen molar-refractivity contribution in [3.05, 3.63) is 35.9 Å². The summed E-state index contributed by atoms with van der Waals surface area (Å²) in [6, 6.07) is 8.45. The van der Waals surface area contributed by atoms with Crippen LogP contribution in [-0.4, -0.2) is 9.79 Å². The van der Waals surface area contributed by atoms with Crippen LogP contribution in [0.4, 0.5) is 0 Å². The van der Waals surface area contributed by atoms with E-state index in [1.165, 1.54) is 0 Å². The van der Waals surface area contributed by atoms with Crippen molar-refractivity contribution in [3.63, 3.8) is 0 Å². The van der Waals surface area contributed by atoms with Gasteiger partial charge >= 0.3 is 7.60 Å². The molecule has 0 bridgehead atoms. The van der Waals surface area contributed by atoms with Gasteiger partial charge in [-0.05, 0) is 5.56 Å². The molecule has 72 valence electrons. The van der Waals surface area contributed by atoms with Crippen LogP contribution >= 0.6 is 39.5 Å². The maximum absolute atomic E-state index is 11.1. The molecule has 1 aromatic carbocycles. The summed E-state index contributed by atoms with van der Waals surface area (Å²) in [5.74, 6) is 0. The fraction of sp³-hybridized carbons (Fsp3) is 0.143. The highest BCUT2D eigenvalue weighted by atomic mass is 79.9. The van der Waals surface area contributed by atoms with E-state index in [9.17, 15) is 4.57 Å². The van der Waals surface area contributed by atoms with Gasteiger partial charge < -0.3 is 9.79 Å². The monoisotopic (exact) mass is 328 g/mol. The maximum atomic E-state index is 11.1. The van der Waals surface area contributed by atoms with Crippen molar-refractivity contribution in [2.75, 3.05) is 0 Å². The van der Waals surface area contributed by atoms with Gasteiger partial charge in [0.25, 0.3) is 0 Å². The Kier molecular flexibility index (Phi) is 3.36. The van der Waals surface area contributed by atoms with E-state index in [0.717, 1.165) is 0 Å². The number of hydrogen-bond acceptors (Lipinski definition) is 1. The number of halogens is 2. The predicted octanol–water partition coefficient (Wildman–Crippen LogP) is 2.76. The number of alkyl halides is 2. The molecule has 0 saturated heterocycles. The molecule has 0 unspecified atom stereocenters. The van der Waals surface area contributed by atoms with Crippen molar-refractivity contribution in [1.82, 2.24) is 0 Å². The Labute approximate surface area is 92.6 Å². The number of rotatable bonds is 2. The van der Waals surface area contributed by atoms with Crippen LogP contribution in [0.3, 0.4) is 0 Å². The van der Waals surface area contributed by atoms with Crippen molar-refractivity contribution in [2.45, 2.75) is 2.97 Å².